The number of amidine groups is 1. The number of rotatable bonds is 2. The minimum atomic E-state index is 0.546. The Morgan fingerprint density at radius 2 is 2.08 bits per heavy atom. The summed E-state index contributed by atoms with van der Waals surface area (Å²) >= 11 is 0. The van der Waals surface area contributed by atoms with Crippen molar-refractivity contribution < 1.29 is 0 Å². The van der Waals surface area contributed by atoms with Crippen molar-refractivity contribution in [3.8, 4) is 0 Å². The molecule has 0 aromatic heterocycles. The molecule has 12 heavy (non-hydrogen) atoms. The summed E-state index contributed by atoms with van der Waals surface area (Å²) in [6.45, 7) is 2.26. The van der Waals surface area contributed by atoms with E-state index in [0.29, 0.717) is 5.92 Å². The molecule has 0 spiro atoms. The van der Waals surface area contributed by atoms with Crippen LogP contribution in [0.1, 0.15) is 32.6 Å². The molecule has 2 atom stereocenters. The highest BCUT2D eigenvalue weighted by Gasteiger charge is 2.27. The summed E-state index contributed by atoms with van der Waals surface area (Å²) in [5.41, 5.74) is 0. The smallest absolute Gasteiger partial charge is 0.0984 e. The van der Waals surface area contributed by atoms with Gasteiger partial charge in [0.1, 0.15) is 0 Å². The van der Waals surface area contributed by atoms with Crippen LogP contribution >= 0.6 is 0 Å². The van der Waals surface area contributed by atoms with Gasteiger partial charge in [-0.25, -0.2) is 0 Å². The summed E-state index contributed by atoms with van der Waals surface area (Å²) in [6.07, 6.45) is 5.09. The summed E-state index contributed by atoms with van der Waals surface area (Å²) in [4.78, 5) is 1.95. The molecule has 0 amide bonds. The molecule has 0 aromatic carbocycles. The first-order chi connectivity index (χ1) is 5.65. The van der Waals surface area contributed by atoms with Gasteiger partial charge < -0.3 is 4.90 Å². The zero-order valence-electron chi connectivity index (χ0n) is 8.43. The maximum absolute atomic E-state index is 7.83. The molecule has 2 heteroatoms. The highest BCUT2D eigenvalue weighted by molar-refractivity contribution is 5.81. The molecule has 1 N–H and O–H groups in total. The van der Waals surface area contributed by atoms with Crippen molar-refractivity contribution in [1.82, 2.24) is 4.90 Å². The van der Waals surface area contributed by atoms with E-state index in [4.69, 9.17) is 5.41 Å². The van der Waals surface area contributed by atoms with E-state index in [1.807, 2.05) is 19.0 Å². The molecular weight excluding hydrogens is 148 g/mol. The summed E-state index contributed by atoms with van der Waals surface area (Å²) in [5, 5.41) is 7.83. The van der Waals surface area contributed by atoms with E-state index < -0.39 is 0 Å². The van der Waals surface area contributed by atoms with E-state index in [1.54, 1.807) is 0 Å². The summed E-state index contributed by atoms with van der Waals surface area (Å²) in [6, 6.07) is 0. The van der Waals surface area contributed by atoms with Gasteiger partial charge in [-0.3, -0.25) is 5.41 Å². The van der Waals surface area contributed by atoms with Gasteiger partial charge >= 0.3 is 0 Å². The van der Waals surface area contributed by atoms with Crippen LogP contribution in [0.3, 0.4) is 0 Å². The third kappa shape index (κ3) is 1.99. The van der Waals surface area contributed by atoms with Gasteiger partial charge in [0.15, 0.2) is 0 Å². The lowest BCUT2D eigenvalue weighted by molar-refractivity contribution is 0.498. The molecule has 1 aliphatic carbocycles. The predicted octanol–water partition coefficient (Wildman–Crippen LogP) is 2.35. The highest BCUT2D eigenvalue weighted by atomic mass is 15.1. The van der Waals surface area contributed by atoms with Crippen molar-refractivity contribution in [3.05, 3.63) is 0 Å². The van der Waals surface area contributed by atoms with E-state index in [2.05, 4.69) is 6.92 Å². The van der Waals surface area contributed by atoms with Gasteiger partial charge in [-0.1, -0.05) is 13.3 Å². The van der Waals surface area contributed by atoms with Gasteiger partial charge in [-0.15, -0.1) is 0 Å². The average molecular weight is 168 g/mol. The first-order valence-electron chi connectivity index (χ1n) is 4.91. The average Bonchev–Trinajstić information content (AvgIpc) is 2.50. The molecule has 2 nitrogen and oxygen atoms in total. The van der Waals surface area contributed by atoms with Crippen LogP contribution in [0.15, 0.2) is 0 Å². The summed E-state index contributed by atoms with van der Waals surface area (Å²) in [5.74, 6) is 2.26. The van der Waals surface area contributed by atoms with Crippen LogP contribution in [0, 0.1) is 17.2 Å². The fraction of sp³-hybridized carbons (Fsp3) is 0.900. The maximum atomic E-state index is 7.83. The molecule has 0 aliphatic heterocycles. The Balaban J connectivity index is 2.41. The molecule has 1 aliphatic rings. The van der Waals surface area contributed by atoms with E-state index in [1.165, 1.54) is 25.7 Å². The second kappa shape index (κ2) is 3.92. The maximum Gasteiger partial charge on any atom is 0.0984 e. The molecular formula is C10H20N2. The van der Waals surface area contributed by atoms with Crippen molar-refractivity contribution in [2.24, 2.45) is 11.8 Å². The Morgan fingerprint density at radius 1 is 1.42 bits per heavy atom. The number of nitrogens with one attached hydrogen (secondary N) is 1. The first kappa shape index (κ1) is 9.56. The molecule has 0 radical (unpaired) electrons. The zero-order chi connectivity index (χ0) is 9.14. The lowest BCUT2D eigenvalue weighted by atomic mass is 10.0. The molecule has 0 bridgehead atoms. The largest absolute Gasteiger partial charge is 0.366 e. The molecule has 1 fully saturated rings. The Hall–Kier alpha value is -0.530. The third-order valence-electron chi connectivity index (χ3n) is 2.99. The topological polar surface area (TPSA) is 27.1 Å². The van der Waals surface area contributed by atoms with E-state index >= 15 is 0 Å². The minimum Gasteiger partial charge on any atom is -0.366 e. The molecule has 0 heterocycles. The molecule has 2 unspecified atom stereocenters. The third-order valence-corrected chi connectivity index (χ3v) is 2.99. The standard InChI is InChI=1S/C10H20N2/c1-4-8-5-6-9(7-8)10(11)12(2)3/h8-9,11H,4-7H2,1-3H3. The van der Waals surface area contributed by atoms with Crippen LogP contribution < -0.4 is 0 Å². The van der Waals surface area contributed by atoms with Gasteiger partial charge in [0.05, 0.1) is 5.84 Å². The van der Waals surface area contributed by atoms with Crippen molar-refractivity contribution >= 4 is 5.84 Å². The van der Waals surface area contributed by atoms with Crippen LogP contribution in [-0.4, -0.2) is 24.8 Å². The predicted molar refractivity (Wildman–Crippen MR) is 52.5 cm³/mol. The Kier molecular flexibility index (Phi) is 3.12. The van der Waals surface area contributed by atoms with Crippen LogP contribution in [-0.2, 0) is 0 Å². The van der Waals surface area contributed by atoms with E-state index in [-0.39, 0.29) is 0 Å². The number of nitrogens with zero attached hydrogens (tertiary/aromatic N) is 1. The van der Waals surface area contributed by atoms with Crippen LogP contribution in [0.2, 0.25) is 0 Å². The van der Waals surface area contributed by atoms with Crippen molar-refractivity contribution in [2.45, 2.75) is 32.6 Å². The summed E-state index contributed by atoms with van der Waals surface area (Å²) < 4.78 is 0. The van der Waals surface area contributed by atoms with E-state index in [0.717, 1.165) is 11.8 Å². The quantitative estimate of drug-likeness (QED) is 0.497. The number of hydrogen-bond acceptors (Lipinski definition) is 1. The zero-order valence-corrected chi connectivity index (χ0v) is 8.43. The van der Waals surface area contributed by atoms with Crippen molar-refractivity contribution in [1.29, 1.82) is 5.41 Å². The second-order valence-corrected chi connectivity index (χ2v) is 4.06. The van der Waals surface area contributed by atoms with Gasteiger partial charge in [-0.05, 0) is 25.2 Å². The van der Waals surface area contributed by atoms with Gasteiger partial charge in [0.25, 0.3) is 0 Å². The molecule has 0 aromatic rings. The molecule has 0 saturated heterocycles. The van der Waals surface area contributed by atoms with Crippen LogP contribution in [0.5, 0.6) is 0 Å². The first-order valence-corrected chi connectivity index (χ1v) is 4.91. The lowest BCUT2D eigenvalue weighted by Crippen LogP contribution is -2.27. The Labute approximate surface area is 75.5 Å². The lowest BCUT2D eigenvalue weighted by Gasteiger charge is -2.19. The van der Waals surface area contributed by atoms with Gasteiger partial charge in [-0.2, -0.15) is 0 Å². The van der Waals surface area contributed by atoms with Crippen LogP contribution in [0.4, 0.5) is 0 Å². The summed E-state index contributed by atoms with van der Waals surface area (Å²) in [7, 11) is 3.95. The normalized spacial score (nSPS) is 28.9. The highest BCUT2D eigenvalue weighted by Crippen LogP contribution is 2.33. The molecule has 70 valence electrons. The second-order valence-electron chi connectivity index (χ2n) is 4.06. The van der Waals surface area contributed by atoms with E-state index in [9.17, 15) is 0 Å². The van der Waals surface area contributed by atoms with Crippen molar-refractivity contribution in [2.75, 3.05) is 14.1 Å². The van der Waals surface area contributed by atoms with Crippen molar-refractivity contribution in [3.63, 3.8) is 0 Å². The minimum absolute atomic E-state index is 0.546. The molecule has 1 saturated carbocycles. The molecule has 1 rings (SSSR count). The van der Waals surface area contributed by atoms with Gasteiger partial charge in [0.2, 0.25) is 0 Å². The Morgan fingerprint density at radius 3 is 2.50 bits per heavy atom. The fourth-order valence-electron chi connectivity index (χ4n) is 2.06. The monoisotopic (exact) mass is 168 g/mol. The Bertz CT molecular complexity index is 163. The van der Waals surface area contributed by atoms with Gasteiger partial charge in [0, 0.05) is 20.0 Å². The number of hydrogen-bond donors (Lipinski definition) is 1. The SMILES string of the molecule is CCC1CCC(C(=N)N(C)C)C1. The fourth-order valence-corrected chi connectivity index (χ4v) is 2.06. The van der Waals surface area contributed by atoms with Crippen LogP contribution in [0.25, 0.3) is 0 Å².